The largest absolute Gasteiger partial charge is 0.360 e. The molecule has 2 heterocycles. The van der Waals surface area contributed by atoms with Crippen LogP contribution in [0, 0.1) is 0 Å². The summed E-state index contributed by atoms with van der Waals surface area (Å²) < 4.78 is 7.33. The van der Waals surface area contributed by atoms with Crippen molar-refractivity contribution >= 4 is 30.7 Å². The van der Waals surface area contributed by atoms with Crippen molar-refractivity contribution in [3.8, 4) is 0 Å². The van der Waals surface area contributed by atoms with E-state index in [0.717, 1.165) is 23.7 Å². The van der Waals surface area contributed by atoms with Crippen molar-refractivity contribution in [1.29, 1.82) is 0 Å². The molecule has 0 amide bonds. The van der Waals surface area contributed by atoms with E-state index >= 15 is 0 Å². The average Bonchev–Trinajstić information content (AvgIpc) is 2.68. The number of hydrogen-bond donors (Lipinski definition) is 0. The van der Waals surface area contributed by atoms with E-state index in [0.29, 0.717) is 11.9 Å². The second-order valence-corrected chi connectivity index (χ2v) is 11.4. The number of aromatic nitrogens is 4. The maximum absolute atomic E-state index is 6.03. The van der Waals surface area contributed by atoms with Gasteiger partial charge in [0.15, 0.2) is 5.15 Å². The van der Waals surface area contributed by atoms with Crippen molar-refractivity contribution in [2.45, 2.75) is 32.4 Å². The van der Waals surface area contributed by atoms with Crippen LogP contribution in [0.5, 0.6) is 0 Å². The van der Waals surface area contributed by atoms with Gasteiger partial charge in [-0.2, -0.15) is 5.10 Å². The summed E-state index contributed by atoms with van der Waals surface area (Å²) in [5.41, 5.74) is 1.47. The molecule has 0 saturated heterocycles. The van der Waals surface area contributed by atoms with Crippen LogP contribution in [-0.2, 0) is 11.5 Å². The number of halogens is 1. The van der Waals surface area contributed by atoms with E-state index in [1.54, 1.807) is 10.9 Å². The number of rotatable bonds is 5. The SMILES string of the molecule is C[Si](C)(C)CCOCn1ncc2ncnc(Cl)c21. The first kappa shape index (κ1) is 13.4. The maximum Gasteiger partial charge on any atom is 0.158 e. The number of fused-ring (bicyclic) bond motifs is 1. The third-order valence-corrected chi connectivity index (χ3v) is 4.57. The van der Waals surface area contributed by atoms with Crippen LogP contribution in [0.1, 0.15) is 0 Å². The first-order valence-corrected chi connectivity index (χ1v) is 9.96. The zero-order chi connectivity index (χ0) is 13.2. The van der Waals surface area contributed by atoms with Crippen LogP contribution in [-0.4, -0.2) is 34.4 Å². The highest BCUT2D eigenvalue weighted by Crippen LogP contribution is 2.18. The lowest BCUT2D eigenvalue weighted by molar-refractivity contribution is 0.0816. The van der Waals surface area contributed by atoms with Gasteiger partial charge in [0.1, 0.15) is 24.1 Å². The predicted molar refractivity (Wildman–Crippen MR) is 74.4 cm³/mol. The molecule has 0 radical (unpaired) electrons. The van der Waals surface area contributed by atoms with Crippen molar-refractivity contribution in [3.63, 3.8) is 0 Å². The quantitative estimate of drug-likeness (QED) is 0.481. The average molecular weight is 285 g/mol. The molecule has 0 aliphatic carbocycles. The van der Waals surface area contributed by atoms with E-state index in [1.165, 1.54) is 6.33 Å². The normalized spacial score (nSPS) is 12.2. The molecule has 0 aliphatic rings. The summed E-state index contributed by atoms with van der Waals surface area (Å²) in [5, 5.41) is 4.61. The van der Waals surface area contributed by atoms with Crippen LogP contribution in [0.4, 0.5) is 0 Å². The Morgan fingerprint density at radius 3 is 2.83 bits per heavy atom. The van der Waals surface area contributed by atoms with E-state index in [9.17, 15) is 0 Å². The molecular formula is C11H17ClN4OSi. The second-order valence-electron chi connectivity index (χ2n) is 5.39. The summed E-state index contributed by atoms with van der Waals surface area (Å²) >= 11 is 6.03. The van der Waals surface area contributed by atoms with Crippen molar-refractivity contribution in [2.75, 3.05) is 6.61 Å². The van der Waals surface area contributed by atoms with Gasteiger partial charge in [0.05, 0.1) is 6.20 Å². The molecule has 18 heavy (non-hydrogen) atoms. The molecule has 0 spiro atoms. The summed E-state index contributed by atoms with van der Waals surface area (Å²) in [6, 6.07) is 1.14. The Hall–Kier alpha value is -0.983. The lowest BCUT2D eigenvalue weighted by Gasteiger charge is -2.15. The standard InChI is InChI=1S/C11H17ClN4OSi/c1-18(2,3)5-4-17-8-16-10-9(6-15-16)13-7-14-11(10)12/h6-7H,4-5,8H2,1-3H3. The van der Waals surface area contributed by atoms with E-state index in [1.807, 2.05) is 0 Å². The Labute approximate surface area is 112 Å². The van der Waals surface area contributed by atoms with Gasteiger partial charge in [-0.05, 0) is 6.04 Å². The monoisotopic (exact) mass is 284 g/mol. The molecule has 2 aromatic rings. The highest BCUT2D eigenvalue weighted by atomic mass is 35.5. The van der Waals surface area contributed by atoms with Crippen molar-refractivity contribution in [3.05, 3.63) is 17.7 Å². The van der Waals surface area contributed by atoms with E-state index in [4.69, 9.17) is 16.3 Å². The molecule has 0 aliphatic heterocycles. The molecular weight excluding hydrogens is 268 g/mol. The van der Waals surface area contributed by atoms with Gasteiger partial charge in [-0.3, -0.25) is 0 Å². The summed E-state index contributed by atoms with van der Waals surface area (Å²) in [7, 11) is -1.05. The van der Waals surface area contributed by atoms with Crippen LogP contribution in [0.2, 0.25) is 30.8 Å². The van der Waals surface area contributed by atoms with Crippen molar-refractivity contribution in [1.82, 2.24) is 19.7 Å². The summed E-state index contributed by atoms with van der Waals surface area (Å²) in [5.74, 6) is 0. The van der Waals surface area contributed by atoms with Crippen LogP contribution in [0.25, 0.3) is 11.0 Å². The fourth-order valence-electron chi connectivity index (χ4n) is 1.51. The minimum absolute atomic E-state index is 0.390. The van der Waals surface area contributed by atoms with Gasteiger partial charge in [0.25, 0.3) is 0 Å². The van der Waals surface area contributed by atoms with Crippen molar-refractivity contribution in [2.24, 2.45) is 0 Å². The highest BCUT2D eigenvalue weighted by molar-refractivity contribution is 6.76. The highest BCUT2D eigenvalue weighted by Gasteiger charge is 2.13. The minimum atomic E-state index is -1.05. The molecule has 2 aromatic heterocycles. The molecule has 0 N–H and O–H groups in total. The molecule has 98 valence electrons. The lowest BCUT2D eigenvalue weighted by Crippen LogP contribution is -2.22. The smallest absolute Gasteiger partial charge is 0.158 e. The van der Waals surface area contributed by atoms with Crippen LogP contribution >= 0.6 is 11.6 Å². The first-order chi connectivity index (χ1) is 8.47. The number of hydrogen-bond acceptors (Lipinski definition) is 4. The van der Waals surface area contributed by atoms with E-state index in [2.05, 4.69) is 34.7 Å². The Morgan fingerprint density at radius 2 is 2.11 bits per heavy atom. The van der Waals surface area contributed by atoms with Crippen LogP contribution in [0.15, 0.2) is 12.5 Å². The van der Waals surface area contributed by atoms with Crippen molar-refractivity contribution < 1.29 is 4.74 Å². The third kappa shape index (κ3) is 3.27. The zero-order valence-electron chi connectivity index (χ0n) is 10.9. The first-order valence-electron chi connectivity index (χ1n) is 5.87. The molecule has 0 unspecified atom stereocenters. The molecule has 0 saturated carbocycles. The summed E-state index contributed by atoms with van der Waals surface area (Å²) in [6.07, 6.45) is 3.10. The van der Waals surface area contributed by atoms with Crippen LogP contribution < -0.4 is 0 Å². The summed E-state index contributed by atoms with van der Waals surface area (Å²) in [6.45, 7) is 8.11. The van der Waals surface area contributed by atoms with Gasteiger partial charge in [0.2, 0.25) is 0 Å². The predicted octanol–water partition coefficient (Wildman–Crippen LogP) is 2.79. The lowest BCUT2D eigenvalue weighted by atomic mass is 10.5. The zero-order valence-corrected chi connectivity index (χ0v) is 12.6. The fourth-order valence-corrected chi connectivity index (χ4v) is 2.51. The number of ether oxygens (including phenoxy) is 1. The molecule has 0 bridgehead atoms. The third-order valence-electron chi connectivity index (χ3n) is 2.59. The molecule has 5 nitrogen and oxygen atoms in total. The maximum atomic E-state index is 6.03. The van der Waals surface area contributed by atoms with Gasteiger partial charge < -0.3 is 4.74 Å². The summed E-state index contributed by atoms with van der Waals surface area (Å²) in [4.78, 5) is 8.06. The topological polar surface area (TPSA) is 52.8 Å². The molecule has 0 aromatic carbocycles. The van der Waals surface area contributed by atoms with Gasteiger partial charge in [-0.25, -0.2) is 14.6 Å². The molecule has 0 atom stereocenters. The second kappa shape index (κ2) is 5.34. The Morgan fingerprint density at radius 1 is 1.33 bits per heavy atom. The number of nitrogens with zero attached hydrogens (tertiary/aromatic N) is 4. The van der Waals surface area contributed by atoms with Gasteiger partial charge >= 0.3 is 0 Å². The van der Waals surface area contributed by atoms with E-state index < -0.39 is 8.07 Å². The van der Waals surface area contributed by atoms with Gasteiger partial charge in [0, 0.05) is 14.7 Å². The van der Waals surface area contributed by atoms with E-state index in [-0.39, 0.29) is 0 Å². The molecule has 2 rings (SSSR count). The fraction of sp³-hybridized carbons (Fsp3) is 0.545. The van der Waals surface area contributed by atoms with Crippen LogP contribution in [0.3, 0.4) is 0 Å². The Balaban J connectivity index is 2.00. The van der Waals surface area contributed by atoms with Gasteiger partial charge in [-0.1, -0.05) is 31.2 Å². The Bertz CT molecular complexity index is 537. The van der Waals surface area contributed by atoms with Gasteiger partial charge in [-0.15, -0.1) is 0 Å². The Kier molecular flexibility index (Phi) is 3.99. The molecule has 7 heteroatoms. The molecule has 0 fully saturated rings. The minimum Gasteiger partial charge on any atom is -0.360 e.